The first kappa shape index (κ1) is 17.6. The molecule has 0 amide bonds. The Morgan fingerprint density at radius 2 is 0.941 bits per heavy atom. The van der Waals surface area contributed by atoms with Gasteiger partial charge in [-0.05, 0) is 10.4 Å². The van der Waals surface area contributed by atoms with Gasteiger partial charge >= 0.3 is 67.7 Å². The van der Waals surface area contributed by atoms with Gasteiger partial charge in [0.2, 0.25) is 0 Å². The van der Waals surface area contributed by atoms with Gasteiger partial charge in [0.25, 0.3) is 0 Å². The van der Waals surface area contributed by atoms with E-state index in [1.807, 2.05) is 36.4 Å². The summed E-state index contributed by atoms with van der Waals surface area (Å²) >= 11 is 0. The average molecular weight is 264 g/mol. The van der Waals surface area contributed by atoms with Gasteiger partial charge in [0.05, 0.1) is 0 Å². The van der Waals surface area contributed by atoms with E-state index in [1.54, 1.807) is 24.3 Å². The summed E-state index contributed by atoms with van der Waals surface area (Å²) in [7, 11) is -3.46. The molecule has 2 aromatic rings. The summed E-state index contributed by atoms with van der Waals surface area (Å²) in [6.07, 6.45) is 0. The van der Waals surface area contributed by atoms with Crippen LogP contribution in [0.3, 0.4) is 0 Å². The molecule has 80 valence electrons. The van der Waals surface area contributed by atoms with Crippen LogP contribution in [0.5, 0.6) is 0 Å². The first-order chi connectivity index (χ1) is 7.21. The molecule has 0 saturated heterocycles. The largest absolute Gasteiger partial charge is 1.00 e. The Balaban J connectivity index is -0.000000640. The van der Waals surface area contributed by atoms with Crippen molar-refractivity contribution < 1.29 is 71.6 Å². The SMILES string of the molecule is O[Si](O)(c1ccccc1)c1ccccc1.[H-].[H-].[Na+].[Na+]. The zero-order chi connectivity index (χ0) is 10.7. The van der Waals surface area contributed by atoms with Crippen LogP contribution in [0, 0.1) is 0 Å². The maximum Gasteiger partial charge on any atom is 1.00 e. The maximum atomic E-state index is 10.2. The van der Waals surface area contributed by atoms with Crippen molar-refractivity contribution in [3.8, 4) is 0 Å². The van der Waals surface area contributed by atoms with Gasteiger partial charge in [-0.1, -0.05) is 60.7 Å². The molecule has 0 aromatic heterocycles. The van der Waals surface area contributed by atoms with E-state index in [4.69, 9.17) is 0 Å². The molecule has 0 aliphatic rings. The fraction of sp³-hybridized carbons (Fsp3) is 0. The zero-order valence-electron chi connectivity index (χ0n) is 12.2. The molecule has 0 spiro atoms. The first-order valence-electron chi connectivity index (χ1n) is 4.77. The molecule has 0 atom stereocenters. The minimum absolute atomic E-state index is 0. The number of rotatable bonds is 2. The molecular formula is C12H14Na2O2Si. The van der Waals surface area contributed by atoms with Crippen molar-refractivity contribution in [1.82, 2.24) is 0 Å². The molecule has 0 radical (unpaired) electrons. The minimum Gasteiger partial charge on any atom is -1.00 e. The second-order valence-corrected chi connectivity index (χ2v) is 5.90. The fourth-order valence-corrected chi connectivity index (χ4v) is 3.16. The smallest absolute Gasteiger partial charge is 1.00 e. The molecule has 0 bridgehead atoms. The molecule has 0 heterocycles. The van der Waals surface area contributed by atoms with Crippen LogP contribution in [-0.4, -0.2) is 18.2 Å². The van der Waals surface area contributed by atoms with Crippen LogP contribution in [0.1, 0.15) is 2.85 Å². The van der Waals surface area contributed by atoms with Crippen LogP contribution in [-0.2, 0) is 0 Å². The van der Waals surface area contributed by atoms with E-state index < -0.39 is 8.56 Å². The van der Waals surface area contributed by atoms with Crippen molar-refractivity contribution in [2.45, 2.75) is 0 Å². The van der Waals surface area contributed by atoms with Crippen LogP contribution < -0.4 is 69.5 Å². The van der Waals surface area contributed by atoms with Gasteiger partial charge in [-0.3, -0.25) is 0 Å². The van der Waals surface area contributed by atoms with E-state index in [2.05, 4.69) is 0 Å². The molecule has 2 nitrogen and oxygen atoms in total. The van der Waals surface area contributed by atoms with Crippen molar-refractivity contribution in [3.05, 3.63) is 60.7 Å². The molecular weight excluding hydrogens is 250 g/mol. The Labute approximate surface area is 150 Å². The van der Waals surface area contributed by atoms with Crippen LogP contribution >= 0.6 is 0 Å². The third-order valence-electron chi connectivity index (χ3n) is 2.35. The Morgan fingerprint density at radius 3 is 1.24 bits per heavy atom. The van der Waals surface area contributed by atoms with E-state index in [0.29, 0.717) is 10.4 Å². The fourth-order valence-electron chi connectivity index (χ4n) is 1.51. The van der Waals surface area contributed by atoms with Gasteiger partial charge in [0.15, 0.2) is 0 Å². The molecule has 0 fully saturated rings. The average Bonchev–Trinajstić information content (AvgIpc) is 2.31. The molecule has 5 heteroatoms. The number of benzene rings is 2. The Kier molecular flexibility index (Phi) is 8.16. The van der Waals surface area contributed by atoms with E-state index in [0.717, 1.165) is 0 Å². The Bertz CT molecular complexity index is 402. The summed E-state index contributed by atoms with van der Waals surface area (Å²) in [5.41, 5.74) is 0. The van der Waals surface area contributed by atoms with E-state index in [9.17, 15) is 9.59 Å². The second kappa shape index (κ2) is 7.89. The summed E-state index contributed by atoms with van der Waals surface area (Å²) in [5.74, 6) is 0. The Hall–Kier alpha value is 0.577. The van der Waals surface area contributed by atoms with Gasteiger partial charge in [-0.2, -0.15) is 0 Å². The maximum absolute atomic E-state index is 10.2. The minimum atomic E-state index is -3.46. The third-order valence-corrected chi connectivity index (χ3v) is 4.63. The molecule has 0 unspecified atom stereocenters. The summed E-state index contributed by atoms with van der Waals surface area (Å²) in [4.78, 5) is 20.3. The summed E-state index contributed by atoms with van der Waals surface area (Å²) in [5, 5.41) is 1.22. The predicted octanol–water partition coefficient (Wildman–Crippen LogP) is -5.54. The molecule has 0 aliphatic carbocycles. The topological polar surface area (TPSA) is 40.5 Å². The number of hydrogen-bond donors (Lipinski definition) is 2. The standard InChI is InChI=1S/C12H12O2Si.2Na.2H/c13-15(14,11-7-3-1-4-8-11)12-9-5-2-6-10-12;;;;/h1-10,13-14H;;;;/q;2*+1;2*-1. The molecule has 0 aliphatic heterocycles. The van der Waals surface area contributed by atoms with Gasteiger partial charge < -0.3 is 12.4 Å². The number of hydrogen-bond acceptors (Lipinski definition) is 2. The summed E-state index contributed by atoms with van der Waals surface area (Å²) < 4.78 is 0. The van der Waals surface area contributed by atoms with Crippen molar-refractivity contribution in [3.63, 3.8) is 0 Å². The van der Waals surface area contributed by atoms with Gasteiger partial charge in [-0.15, -0.1) is 0 Å². The van der Waals surface area contributed by atoms with E-state index in [-0.39, 0.29) is 62.0 Å². The quantitative estimate of drug-likeness (QED) is 0.531. The van der Waals surface area contributed by atoms with Crippen molar-refractivity contribution in [1.29, 1.82) is 0 Å². The Morgan fingerprint density at radius 1 is 0.647 bits per heavy atom. The van der Waals surface area contributed by atoms with Crippen LogP contribution in [0.2, 0.25) is 0 Å². The first-order valence-corrected chi connectivity index (χ1v) is 6.66. The zero-order valence-corrected chi connectivity index (χ0v) is 15.2. The van der Waals surface area contributed by atoms with Crippen molar-refractivity contribution in [2.75, 3.05) is 0 Å². The molecule has 17 heavy (non-hydrogen) atoms. The van der Waals surface area contributed by atoms with Gasteiger partial charge in [0, 0.05) is 0 Å². The second-order valence-electron chi connectivity index (χ2n) is 3.40. The molecule has 0 saturated carbocycles. The third kappa shape index (κ3) is 4.31. The van der Waals surface area contributed by atoms with E-state index in [1.165, 1.54) is 0 Å². The van der Waals surface area contributed by atoms with Crippen molar-refractivity contribution in [2.24, 2.45) is 0 Å². The van der Waals surface area contributed by atoms with Crippen LogP contribution in [0.4, 0.5) is 0 Å². The predicted molar refractivity (Wildman–Crippen MR) is 64.6 cm³/mol. The molecule has 2 aromatic carbocycles. The monoisotopic (exact) mass is 264 g/mol. The molecule has 2 N–H and O–H groups in total. The summed E-state index contributed by atoms with van der Waals surface area (Å²) in [6.45, 7) is 0. The van der Waals surface area contributed by atoms with Gasteiger partial charge in [-0.25, -0.2) is 0 Å². The van der Waals surface area contributed by atoms with Crippen LogP contribution in [0.15, 0.2) is 60.7 Å². The van der Waals surface area contributed by atoms with E-state index >= 15 is 0 Å². The van der Waals surface area contributed by atoms with Crippen molar-refractivity contribution >= 4 is 18.9 Å². The summed E-state index contributed by atoms with van der Waals surface area (Å²) in [6, 6.07) is 18.0. The van der Waals surface area contributed by atoms with Gasteiger partial charge in [0.1, 0.15) is 0 Å². The van der Waals surface area contributed by atoms with Crippen LogP contribution in [0.25, 0.3) is 0 Å². The normalized spacial score (nSPS) is 10.0. The molecule has 2 rings (SSSR count).